The van der Waals surface area contributed by atoms with E-state index in [0.717, 1.165) is 4.47 Å². The molecule has 2 rings (SSSR count). The van der Waals surface area contributed by atoms with Gasteiger partial charge in [-0.3, -0.25) is 14.4 Å². The van der Waals surface area contributed by atoms with Gasteiger partial charge in [-0.05, 0) is 18.2 Å². The Balaban J connectivity index is 2.27. The highest BCUT2D eigenvalue weighted by Gasteiger charge is 2.47. The van der Waals surface area contributed by atoms with Crippen molar-refractivity contribution in [2.45, 2.75) is 44.5 Å². The van der Waals surface area contributed by atoms with Gasteiger partial charge in [0.1, 0.15) is 5.75 Å². The predicted octanol–water partition coefficient (Wildman–Crippen LogP) is 2.70. The Bertz CT molecular complexity index is 681. The van der Waals surface area contributed by atoms with E-state index in [0.29, 0.717) is 11.5 Å². The predicted molar refractivity (Wildman–Crippen MR) is 97.7 cm³/mol. The second-order valence-electron chi connectivity index (χ2n) is 5.57. The van der Waals surface area contributed by atoms with Gasteiger partial charge in [0.25, 0.3) is 0 Å². The summed E-state index contributed by atoms with van der Waals surface area (Å²) >= 11 is 4.68. The number of benzene rings is 1. The Labute approximate surface area is 163 Å². The molecule has 7 nitrogen and oxygen atoms in total. The first kappa shape index (κ1) is 20.6. The fraction of sp³-hybridized carbons (Fsp3) is 0.471. The van der Waals surface area contributed by atoms with Crippen molar-refractivity contribution in [1.29, 1.82) is 0 Å². The van der Waals surface area contributed by atoms with Crippen LogP contribution in [0.25, 0.3) is 0 Å². The third-order valence-electron chi connectivity index (χ3n) is 3.35. The number of hydrogen-bond acceptors (Lipinski definition) is 8. The van der Waals surface area contributed by atoms with Gasteiger partial charge in [-0.2, -0.15) is 0 Å². The molecule has 0 amide bonds. The molecule has 0 spiro atoms. The molecule has 1 saturated heterocycles. The Morgan fingerprint density at radius 2 is 1.62 bits per heavy atom. The molecule has 0 bridgehead atoms. The van der Waals surface area contributed by atoms with E-state index >= 15 is 0 Å². The molecule has 0 saturated carbocycles. The molecule has 1 aromatic rings. The van der Waals surface area contributed by atoms with Gasteiger partial charge >= 0.3 is 17.9 Å². The summed E-state index contributed by atoms with van der Waals surface area (Å²) in [4.78, 5) is 34.5. The second-order valence-corrected chi connectivity index (χ2v) is 7.62. The molecule has 1 fully saturated rings. The monoisotopic (exact) mass is 446 g/mol. The number of rotatable bonds is 5. The number of hydrogen-bond donors (Lipinski definition) is 0. The summed E-state index contributed by atoms with van der Waals surface area (Å²) in [5.41, 5.74) is -0.635. The van der Waals surface area contributed by atoms with E-state index in [2.05, 4.69) is 15.9 Å². The van der Waals surface area contributed by atoms with E-state index in [-0.39, 0.29) is 0 Å². The molecule has 0 aliphatic carbocycles. The van der Waals surface area contributed by atoms with E-state index in [1.165, 1.54) is 32.5 Å². The molecule has 1 heterocycles. The maximum absolute atomic E-state index is 11.6. The van der Waals surface area contributed by atoms with Gasteiger partial charge in [0.15, 0.2) is 23.7 Å². The molecular weight excluding hydrogens is 428 g/mol. The quantitative estimate of drug-likeness (QED) is 0.503. The zero-order valence-electron chi connectivity index (χ0n) is 14.5. The van der Waals surface area contributed by atoms with Gasteiger partial charge in [-0.1, -0.05) is 22.0 Å². The van der Waals surface area contributed by atoms with E-state index in [9.17, 15) is 14.4 Å². The molecule has 9 heteroatoms. The highest BCUT2D eigenvalue weighted by Crippen LogP contribution is 2.34. The van der Waals surface area contributed by atoms with Crippen molar-refractivity contribution in [1.82, 2.24) is 0 Å². The molecule has 0 aromatic heterocycles. The van der Waals surface area contributed by atoms with Crippen molar-refractivity contribution in [3.63, 3.8) is 0 Å². The van der Waals surface area contributed by atoms with E-state index in [4.69, 9.17) is 18.9 Å². The smallest absolute Gasteiger partial charge is 0.303 e. The fourth-order valence-corrected chi connectivity index (χ4v) is 4.08. The molecule has 142 valence electrons. The third-order valence-corrected chi connectivity index (χ3v) is 5.06. The van der Waals surface area contributed by atoms with Crippen molar-refractivity contribution in [3.8, 4) is 5.75 Å². The Kier molecular flexibility index (Phi) is 7.33. The summed E-state index contributed by atoms with van der Waals surface area (Å²) in [6.07, 6.45) is -2.63. The van der Waals surface area contributed by atoms with Crippen LogP contribution >= 0.6 is 27.7 Å². The first-order chi connectivity index (χ1) is 12.3. The minimum Gasteiger partial charge on any atom is -0.476 e. The standard InChI is InChI=1S/C17H19BrO7S/c1-9(19)22-14-8-26-17(25-13-6-4-5-12(18)7-13)16(24-11(3)21)15(14)23-10(2)20/h4-7,14-17H,8H2,1-3H3/t14-,15+,16-,17+/m1/s1. The molecule has 0 unspecified atom stereocenters. The normalized spacial score (nSPS) is 25.1. The Hall–Kier alpha value is -1.74. The highest BCUT2D eigenvalue weighted by atomic mass is 79.9. The van der Waals surface area contributed by atoms with Crippen LogP contribution in [0.3, 0.4) is 0 Å². The van der Waals surface area contributed by atoms with Crippen LogP contribution in [0.4, 0.5) is 0 Å². The summed E-state index contributed by atoms with van der Waals surface area (Å²) in [6, 6.07) is 7.18. The summed E-state index contributed by atoms with van der Waals surface area (Å²) in [7, 11) is 0. The molecule has 1 aliphatic rings. The lowest BCUT2D eigenvalue weighted by atomic mass is 10.1. The summed E-state index contributed by atoms with van der Waals surface area (Å²) in [5.74, 6) is -0.757. The van der Waals surface area contributed by atoms with Crippen molar-refractivity contribution < 1.29 is 33.3 Å². The van der Waals surface area contributed by atoms with Crippen LogP contribution in [0.5, 0.6) is 5.75 Å². The van der Waals surface area contributed by atoms with Crippen LogP contribution in [-0.4, -0.2) is 47.4 Å². The van der Waals surface area contributed by atoms with E-state index in [1.54, 1.807) is 18.2 Å². The minimum absolute atomic E-state index is 0.327. The third kappa shape index (κ3) is 5.91. The van der Waals surface area contributed by atoms with E-state index in [1.807, 2.05) is 6.07 Å². The lowest BCUT2D eigenvalue weighted by Crippen LogP contribution is -2.55. The van der Waals surface area contributed by atoms with Crippen molar-refractivity contribution in [2.24, 2.45) is 0 Å². The molecule has 4 atom stereocenters. The molecule has 0 N–H and O–H groups in total. The van der Waals surface area contributed by atoms with Crippen LogP contribution in [0, 0.1) is 0 Å². The van der Waals surface area contributed by atoms with Crippen molar-refractivity contribution in [2.75, 3.05) is 5.75 Å². The molecular formula is C17H19BrO7S. The lowest BCUT2D eigenvalue weighted by molar-refractivity contribution is -0.186. The largest absolute Gasteiger partial charge is 0.476 e. The second kappa shape index (κ2) is 9.27. The van der Waals surface area contributed by atoms with E-state index < -0.39 is 41.7 Å². The molecule has 26 heavy (non-hydrogen) atoms. The Morgan fingerprint density at radius 1 is 1.00 bits per heavy atom. The van der Waals surface area contributed by atoms with Gasteiger partial charge in [0, 0.05) is 31.0 Å². The molecule has 1 aliphatic heterocycles. The van der Waals surface area contributed by atoms with Gasteiger partial charge in [-0.25, -0.2) is 0 Å². The number of ether oxygens (including phenoxy) is 4. The van der Waals surface area contributed by atoms with Crippen LogP contribution < -0.4 is 4.74 Å². The number of carbonyl (C=O) groups is 3. The number of esters is 3. The number of halogens is 1. The number of thioether (sulfide) groups is 1. The first-order valence-corrected chi connectivity index (χ1v) is 9.66. The maximum atomic E-state index is 11.6. The van der Waals surface area contributed by atoms with Crippen LogP contribution in [0.15, 0.2) is 28.7 Å². The summed E-state index contributed by atoms with van der Waals surface area (Å²) in [6.45, 7) is 3.75. The molecule has 0 radical (unpaired) electrons. The van der Waals surface area contributed by atoms with Gasteiger partial charge in [0.05, 0.1) is 0 Å². The zero-order valence-corrected chi connectivity index (χ0v) is 16.9. The van der Waals surface area contributed by atoms with Gasteiger partial charge in [-0.15, -0.1) is 11.8 Å². The average molecular weight is 447 g/mol. The lowest BCUT2D eigenvalue weighted by Gasteiger charge is -2.39. The van der Waals surface area contributed by atoms with Crippen LogP contribution in [0.1, 0.15) is 20.8 Å². The van der Waals surface area contributed by atoms with Gasteiger partial charge in [0.2, 0.25) is 0 Å². The highest BCUT2D eigenvalue weighted by molar-refractivity contribution is 9.10. The first-order valence-electron chi connectivity index (χ1n) is 7.81. The van der Waals surface area contributed by atoms with Crippen LogP contribution in [0.2, 0.25) is 0 Å². The van der Waals surface area contributed by atoms with Crippen molar-refractivity contribution in [3.05, 3.63) is 28.7 Å². The average Bonchev–Trinajstić information content (AvgIpc) is 2.51. The minimum atomic E-state index is -0.960. The summed E-state index contributed by atoms with van der Waals surface area (Å²) in [5, 5.41) is 0. The van der Waals surface area contributed by atoms with Crippen LogP contribution in [-0.2, 0) is 28.6 Å². The summed E-state index contributed by atoms with van der Waals surface area (Å²) < 4.78 is 22.7. The SMILES string of the molecule is CC(=O)O[C@@H]1[C@@H](OC(C)=O)[C@@H](Oc2cccc(Br)c2)SC[C@H]1OC(C)=O. The fourth-order valence-electron chi connectivity index (χ4n) is 2.48. The zero-order chi connectivity index (χ0) is 19.3. The Morgan fingerprint density at radius 3 is 2.19 bits per heavy atom. The topological polar surface area (TPSA) is 88.1 Å². The maximum Gasteiger partial charge on any atom is 0.303 e. The van der Waals surface area contributed by atoms with Crippen molar-refractivity contribution >= 4 is 45.6 Å². The van der Waals surface area contributed by atoms with Gasteiger partial charge < -0.3 is 18.9 Å². The molecule has 1 aromatic carbocycles. The number of carbonyl (C=O) groups excluding carboxylic acids is 3.